The van der Waals surface area contributed by atoms with Gasteiger partial charge in [0.05, 0.1) is 5.56 Å². The molecule has 5 heteroatoms. The van der Waals surface area contributed by atoms with Crippen LogP contribution in [0.25, 0.3) is 10.1 Å². The first-order valence-electron chi connectivity index (χ1n) is 5.67. The van der Waals surface area contributed by atoms with Crippen molar-refractivity contribution in [2.75, 3.05) is 7.05 Å². The van der Waals surface area contributed by atoms with Crippen molar-refractivity contribution in [3.63, 3.8) is 0 Å². The molecule has 1 heterocycles. The molecule has 1 atom stereocenters. The van der Waals surface area contributed by atoms with E-state index in [9.17, 15) is 13.2 Å². The summed E-state index contributed by atoms with van der Waals surface area (Å²) in [6, 6.07) is 6.20. The van der Waals surface area contributed by atoms with E-state index in [2.05, 4.69) is 5.32 Å². The second-order valence-electron chi connectivity index (χ2n) is 4.36. The summed E-state index contributed by atoms with van der Waals surface area (Å²) in [7, 11) is 1.87. The van der Waals surface area contributed by atoms with E-state index in [4.69, 9.17) is 0 Å². The topological polar surface area (TPSA) is 12.0 Å². The van der Waals surface area contributed by atoms with Crippen LogP contribution in [0.15, 0.2) is 24.3 Å². The molecule has 1 aromatic heterocycles. The molecule has 0 aliphatic heterocycles. The maximum Gasteiger partial charge on any atom is 0.416 e. The van der Waals surface area contributed by atoms with Crippen molar-refractivity contribution in [3.05, 3.63) is 34.7 Å². The molecule has 1 unspecified atom stereocenters. The fraction of sp³-hybridized carbons (Fsp3) is 0.385. The SMILES string of the molecule is CNC(C)Cc1cc2ccc(C(F)(F)F)cc2s1. The van der Waals surface area contributed by atoms with Crippen LogP contribution >= 0.6 is 11.3 Å². The van der Waals surface area contributed by atoms with Crippen LogP contribution in [0.5, 0.6) is 0 Å². The zero-order chi connectivity index (χ0) is 13.3. The molecule has 0 aliphatic rings. The molecule has 2 aromatic rings. The van der Waals surface area contributed by atoms with Gasteiger partial charge in [-0.05, 0) is 44.0 Å². The van der Waals surface area contributed by atoms with Crippen molar-refractivity contribution in [3.8, 4) is 0 Å². The van der Waals surface area contributed by atoms with Crippen LogP contribution in [0.1, 0.15) is 17.4 Å². The number of fused-ring (bicyclic) bond motifs is 1. The zero-order valence-electron chi connectivity index (χ0n) is 10.1. The molecule has 0 radical (unpaired) electrons. The Labute approximate surface area is 108 Å². The van der Waals surface area contributed by atoms with Gasteiger partial charge in [0.25, 0.3) is 0 Å². The van der Waals surface area contributed by atoms with Crippen LogP contribution in [0.3, 0.4) is 0 Å². The maximum absolute atomic E-state index is 12.6. The Bertz CT molecular complexity index is 545. The van der Waals surface area contributed by atoms with Crippen molar-refractivity contribution < 1.29 is 13.2 Å². The third-order valence-corrected chi connectivity index (χ3v) is 4.02. The third kappa shape index (κ3) is 2.84. The zero-order valence-corrected chi connectivity index (χ0v) is 11.0. The predicted octanol–water partition coefficient (Wildman–Crippen LogP) is 4.07. The molecule has 1 N–H and O–H groups in total. The van der Waals surface area contributed by atoms with E-state index in [0.29, 0.717) is 10.7 Å². The summed E-state index contributed by atoms with van der Waals surface area (Å²) >= 11 is 1.43. The van der Waals surface area contributed by atoms with Gasteiger partial charge in [0.15, 0.2) is 0 Å². The van der Waals surface area contributed by atoms with E-state index in [1.54, 1.807) is 6.07 Å². The van der Waals surface area contributed by atoms with Crippen LogP contribution in [0, 0.1) is 0 Å². The molecule has 0 aliphatic carbocycles. The quantitative estimate of drug-likeness (QED) is 0.889. The van der Waals surface area contributed by atoms with Gasteiger partial charge in [-0.3, -0.25) is 0 Å². The van der Waals surface area contributed by atoms with Gasteiger partial charge in [-0.25, -0.2) is 0 Å². The number of nitrogens with one attached hydrogen (secondary N) is 1. The van der Waals surface area contributed by atoms with Crippen molar-refractivity contribution in [1.82, 2.24) is 5.32 Å². The molecule has 0 amide bonds. The monoisotopic (exact) mass is 273 g/mol. The minimum atomic E-state index is -4.27. The van der Waals surface area contributed by atoms with Crippen molar-refractivity contribution >= 4 is 21.4 Å². The molecule has 0 saturated heterocycles. The number of benzene rings is 1. The summed E-state index contributed by atoms with van der Waals surface area (Å²) in [5.41, 5.74) is -0.579. The molecule has 1 aromatic carbocycles. The summed E-state index contributed by atoms with van der Waals surface area (Å²) in [5.74, 6) is 0. The fourth-order valence-corrected chi connectivity index (χ4v) is 3.00. The van der Waals surface area contributed by atoms with Crippen LogP contribution in [-0.2, 0) is 12.6 Å². The molecule has 0 bridgehead atoms. The first kappa shape index (κ1) is 13.4. The lowest BCUT2D eigenvalue weighted by atomic mass is 10.1. The standard InChI is InChI=1S/C13H14F3NS/c1-8(17-2)5-11-6-9-3-4-10(13(14,15)16)7-12(9)18-11/h3-4,6-8,17H,5H2,1-2H3. The minimum absolute atomic E-state index is 0.320. The first-order chi connectivity index (χ1) is 8.40. The van der Waals surface area contributed by atoms with Crippen LogP contribution < -0.4 is 5.32 Å². The Morgan fingerprint density at radius 3 is 2.61 bits per heavy atom. The minimum Gasteiger partial charge on any atom is -0.317 e. The first-order valence-corrected chi connectivity index (χ1v) is 6.48. The fourth-order valence-electron chi connectivity index (χ4n) is 1.77. The summed E-state index contributed by atoms with van der Waals surface area (Å²) in [6.45, 7) is 2.05. The van der Waals surface area contributed by atoms with Gasteiger partial charge in [-0.1, -0.05) is 6.07 Å². The van der Waals surface area contributed by atoms with Gasteiger partial charge < -0.3 is 5.32 Å². The highest BCUT2D eigenvalue weighted by molar-refractivity contribution is 7.19. The molecule has 0 spiro atoms. The van der Waals surface area contributed by atoms with E-state index < -0.39 is 11.7 Å². The largest absolute Gasteiger partial charge is 0.416 e. The lowest BCUT2D eigenvalue weighted by Crippen LogP contribution is -2.22. The number of hydrogen-bond acceptors (Lipinski definition) is 2. The van der Waals surface area contributed by atoms with E-state index >= 15 is 0 Å². The Morgan fingerprint density at radius 1 is 1.28 bits per heavy atom. The van der Waals surface area contributed by atoms with Crippen LogP contribution in [0.4, 0.5) is 13.2 Å². The highest BCUT2D eigenvalue weighted by Gasteiger charge is 2.30. The molecule has 0 fully saturated rings. The van der Waals surface area contributed by atoms with E-state index in [0.717, 1.165) is 22.8 Å². The van der Waals surface area contributed by atoms with Crippen LogP contribution in [0.2, 0.25) is 0 Å². The highest BCUT2D eigenvalue weighted by atomic mass is 32.1. The van der Waals surface area contributed by atoms with Gasteiger partial charge in [0, 0.05) is 15.6 Å². The smallest absolute Gasteiger partial charge is 0.317 e. The van der Waals surface area contributed by atoms with Gasteiger partial charge in [-0.2, -0.15) is 13.2 Å². The number of alkyl halides is 3. The van der Waals surface area contributed by atoms with Crippen molar-refractivity contribution in [2.24, 2.45) is 0 Å². The van der Waals surface area contributed by atoms with Crippen molar-refractivity contribution in [2.45, 2.75) is 25.6 Å². The molecule has 2 rings (SSSR count). The van der Waals surface area contributed by atoms with E-state index in [1.165, 1.54) is 17.4 Å². The molecule has 98 valence electrons. The number of rotatable bonds is 3. The number of hydrogen-bond donors (Lipinski definition) is 1. The Balaban J connectivity index is 2.34. The average molecular weight is 273 g/mol. The summed E-state index contributed by atoms with van der Waals surface area (Å²) < 4.78 is 38.4. The Morgan fingerprint density at radius 2 is 2.00 bits per heavy atom. The second-order valence-corrected chi connectivity index (χ2v) is 5.53. The molecular formula is C13H14F3NS. The highest BCUT2D eigenvalue weighted by Crippen LogP contribution is 2.34. The molecule has 18 heavy (non-hydrogen) atoms. The van der Waals surface area contributed by atoms with Gasteiger partial charge in [0.1, 0.15) is 0 Å². The van der Waals surface area contributed by atoms with E-state index in [1.807, 2.05) is 20.0 Å². The van der Waals surface area contributed by atoms with Crippen LogP contribution in [-0.4, -0.2) is 13.1 Å². The predicted molar refractivity (Wildman–Crippen MR) is 69.1 cm³/mol. The molecule has 1 nitrogen and oxygen atoms in total. The maximum atomic E-state index is 12.6. The second kappa shape index (κ2) is 4.90. The lowest BCUT2D eigenvalue weighted by molar-refractivity contribution is -0.137. The normalized spacial score (nSPS) is 14.1. The third-order valence-electron chi connectivity index (χ3n) is 2.90. The number of halogens is 3. The van der Waals surface area contributed by atoms with Gasteiger partial charge in [-0.15, -0.1) is 11.3 Å². The average Bonchev–Trinajstić information content (AvgIpc) is 2.68. The Hall–Kier alpha value is -1.07. The number of likely N-dealkylation sites (N-methyl/N-ethyl adjacent to an activating group) is 1. The van der Waals surface area contributed by atoms with Gasteiger partial charge >= 0.3 is 6.18 Å². The Kier molecular flexibility index (Phi) is 3.64. The van der Waals surface area contributed by atoms with Gasteiger partial charge in [0.2, 0.25) is 0 Å². The molecular weight excluding hydrogens is 259 g/mol. The van der Waals surface area contributed by atoms with E-state index in [-0.39, 0.29) is 0 Å². The lowest BCUT2D eigenvalue weighted by Gasteiger charge is -2.06. The molecule has 0 saturated carbocycles. The number of thiophene rings is 1. The summed E-state index contributed by atoms with van der Waals surface area (Å²) in [6.07, 6.45) is -3.44. The summed E-state index contributed by atoms with van der Waals surface area (Å²) in [4.78, 5) is 1.10. The summed E-state index contributed by atoms with van der Waals surface area (Å²) in [5, 5.41) is 4.00. The van der Waals surface area contributed by atoms with Crippen molar-refractivity contribution in [1.29, 1.82) is 0 Å².